The summed E-state index contributed by atoms with van der Waals surface area (Å²) in [6, 6.07) is 0.693. The van der Waals surface area contributed by atoms with Gasteiger partial charge in [-0.2, -0.15) is 0 Å². The zero-order valence-corrected chi connectivity index (χ0v) is 11.2. The molecule has 1 unspecified atom stereocenters. The molecule has 0 aromatic heterocycles. The highest BCUT2D eigenvalue weighted by molar-refractivity contribution is 7.89. The van der Waals surface area contributed by atoms with Crippen LogP contribution in [-0.2, 0) is 10.0 Å². The first-order valence-corrected chi connectivity index (χ1v) is 7.04. The van der Waals surface area contributed by atoms with E-state index in [1.54, 1.807) is 6.92 Å². The van der Waals surface area contributed by atoms with Crippen LogP contribution in [0.2, 0.25) is 0 Å². The minimum atomic E-state index is -4.36. The lowest BCUT2D eigenvalue weighted by molar-refractivity contribution is 0.0935. The van der Waals surface area contributed by atoms with Gasteiger partial charge < -0.3 is 5.32 Å². The monoisotopic (exact) mass is 292 g/mol. The molecule has 3 N–H and O–H groups in total. The average molecular weight is 292 g/mol. The van der Waals surface area contributed by atoms with E-state index < -0.39 is 38.0 Å². The van der Waals surface area contributed by atoms with Crippen LogP contribution in [0.15, 0.2) is 17.0 Å². The van der Waals surface area contributed by atoms with Crippen LogP contribution >= 0.6 is 0 Å². The smallest absolute Gasteiger partial charge is 0.254 e. The third-order valence-corrected chi connectivity index (χ3v) is 3.49. The average Bonchev–Trinajstić information content (AvgIpc) is 2.26. The minimum absolute atomic E-state index is 0.227. The SMILES string of the molecule is CCC(C)NC(=O)c1cc(S(N)(=O)=O)c(F)cc1F. The number of carbonyl (C=O) groups is 1. The molecule has 0 saturated heterocycles. The minimum Gasteiger partial charge on any atom is -0.350 e. The number of benzene rings is 1. The summed E-state index contributed by atoms with van der Waals surface area (Å²) in [4.78, 5) is 10.8. The molecular weight excluding hydrogens is 278 g/mol. The van der Waals surface area contributed by atoms with Gasteiger partial charge in [-0.05, 0) is 19.4 Å². The van der Waals surface area contributed by atoms with Crippen molar-refractivity contribution in [3.63, 3.8) is 0 Å². The molecule has 1 aromatic carbocycles. The maximum absolute atomic E-state index is 13.5. The van der Waals surface area contributed by atoms with Crippen molar-refractivity contribution in [2.75, 3.05) is 0 Å². The van der Waals surface area contributed by atoms with E-state index in [9.17, 15) is 22.0 Å². The van der Waals surface area contributed by atoms with E-state index >= 15 is 0 Å². The lowest BCUT2D eigenvalue weighted by Crippen LogP contribution is -2.32. The molecule has 19 heavy (non-hydrogen) atoms. The molecule has 0 aliphatic carbocycles. The number of carbonyl (C=O) groups excluding carboxylic acids is 1. The molecule has 106 valence electrons. The fourth-order valence-corrected chi connectivity index (χ4v) is 1.94. The first-order chi connectivity index (χ1) is 8.66. The lowest BCUT2D eigenvalue weighted by Gasteiger charge is -2.12. The van der Waals surface area contributed by atoms with Crippen LogP contribution in [0.1, 0.15) is 30.6 Å². The first-order valence-electron chi connectivity index (χ1n) is 5.49. The highest BCUT2D eigenvalue weighted by Gasteiger charge is 2.22. The fourth-order valence-electron chi connectivity index (χ4n) is 1.32. The highest BCUT2D eigenvalue weighted by Crippen LogP contribution is 2.18. The molecule has 1 rings (SSSR count). The predicted octanol–water partition coefficient (Wildman–Crippen LogP) is 1.14. The molecular formula is C11H14F2N2O3S. The van der Waals surface area contributed by atoms with Gasteiger partial charge in [-0.15, -0.1) is 0 Å². The number of nitrogens with two attached hydrogens (primary N) is 1. The molecule has 0 radical (unpaired) electrons. The summed E-state index contributed by atoms with van der Waals surface area (Å²) in [6.45, 7) is 3.50. The zero-order chi connectivity index (χ0) is 14.8. The van der Waals surface area contributed by atoms with Crippen molar-refractivity contribution in [3.05, 3.63) is 29.3 Å². The second-order valence-corrected chi connectivity index (χ2v) is 5.62. The van der Waals surface area contributed by atoms with Crippen molar-refractivity contribution in [2.45, 2.75) is 31.2 Å². The van der Waals surface area contributed by atoms with Crippen LogP contribution in [0.4, 0.5) is 8.78 Å². The molecule has 5 nitrogen and oxygen atoms in total. The van der Waals surface area contributed by atoms with Gasteiger partial charge in [-0.25, -0.2) is 22.3 Å². The summed E-state index contributed by atoms with van der Waals surface area (Å²) in [5.41, 5.74) is -0.564. The van der Waals surface area contributed by atoms with E-state index in [1.165, 1.54) is 0 Å². The maximum Gasteiger partial charge on any atom is 0.254 e. The topological polar surface area (TPSA) is 89.3 Å². The lowest BCUT2D eigenvalue weighted by atomic mass is 10.1. The number of halogens is 2. The van der Waals surface area contributed by atoms with Gasteiger partial charge in [0.1, 0.15) is 16.5 Å². The standard InChI is InChI=1S/C11H14F2N2O3S/c1-3-6(2)15-11(16)7-4-10(19(14,17)18)9(13)5-8(7)12/h4-6H,3H2,1-2H3,(H,15,16)(H2,14,17,18). The number of rotatable bonds is 4. The summed E-state index contributed by atoms with van der Waals surface area (Å²) in [5.74, 6) is -3.30. The van der Waals surface area contributed by atoms with Gasteiger partial charge in [0.05, 0.1) is 5.56 Å². The third kappa shape index (κ3) is 3.71. The Labute approximate surface area is 109 Å². The first kappa shape index (κ1) is 15.5. The molecule has 0 spiro atoms. The van der Waals surface area contributed by atoms with E-state index in [1.807, 2.05) is 6.92 Å². The number of sulfonamides is 1. The zero-order valence-electron chi connectivity index (χ0n) is 10.4. The number of nitrogens with one attached hydrogen (secondary N) is 1. The molecule has 0 aliphatic heterocycles. The molecule has 0 bridgehead atoms. The highest BCUT2D eigenvalue weighted by atomic mass is 32.2. The number of amides is 1. The Morgan fingerprint density at radius 1 is 1.37 bits per heavy atom. The molecule has 8 heteroatoms. The number of hydrogen-bond acceptors (Lipinski definition) is 3. The van der Waals surface area contributed by atoms with Crippen LogP contribution in [0.5, 0.6) is 0 Å². The quantitative estimate of drug-likeness (QED) is 0.872. The maximum atomic E-state index is 13.5. The van der Waals surface area contributed by atoms with E-state index in [2.05, 4.69) is 5.32 Å². The van der Waals surface area contributed by atoms with Crippen molar-refractivity contribution < 1.29 is 22.0 Å². The van der Waals surface area contributed by atoms with Crippen LogP contribution in [0.3, 0.4) is 0 Å². The Morgan fingerprint density at radius 3 is 2.42 bits per heavy atom. The van der Waals surface area contributed by atoms with Crippen LogP contribution < -0.4 is 10.5 Å². The third-order valence-electron chi connectivity index (χ3n) is 2.56. The van der Waals surface area contributed by atoms with Crippen LogP contribution in [-0.4, -0.2) is 20.4 Å². The van der Waals surface area contributed by atoms with Gasteiger partial charge in [0.2, 0.25) is 10.0 Å². The molecule has 0 fully saturated rings. The number of hydrogen-bond donors (Lipinski definition) is 2. The summed E-state index contributed by atoms with van der Waals surface area (Å²) in [6.07, 6.45) is 0.608. The van der Waals surface area contributed by atoms with E-state index in [-0.39, 0.29) is 6.04 Å². The molecule has 0 saturated carbocycles. The Balaban J connectivity index is 3.26. The fraction of sp³-hybridized carbons (Fsp3) is 0.364. The van der Waals surface area contributed by atoms with Crippen molar-refractivity contribution in [2.24, 2.45) is 5.14 Å². The largest absolute Gasteiger partial charge is 0.350 e. The van der Waals surface area contributed by atoms with E-state index in [4.69, 9.17) is 5.14 Å². The Morgan fingerprint density at radius 2 is 1.95 bits per heavy atom. The van der Waals surface area contributed by atoms with Crippen molar-refractivity contribution >= 4 is 15.9 Å². The Kier molecular flexibility index (Phi) is 4.59. The second-order valence-electron chi connectivity index (χ2n) is 4.09. The van der Waals surface area contributed by atoms with Crippen LogP contribution in [0, 0.1) is 11.6 Å². The summed E-state index contributed by atoms with van der Waals surface area (Å²) < 4.78 is 49.0. The van der Waals surface area contributed by atoms with Crippen molar-refractivity contribution in [1.82, 2.24) is 5.32 Å². The van der Waals surface area contributed by atoms with Gasteiger partial charge in [0, 0.05) is 12.1 Å². The van der Waals surface area contributed by atoms with E-state index in [0.717, 1.165) is 0 Å². The van der Waals surface area contributed by atoms with Gasteiger partial charge >= 0.3 is 0 Å². The van der Waals surface area contributed by atoms with Crippen LogP contribution in [0.25, 0.3) is 0 Å². The van der Waals surface area contributed by atoms with Gasteiger partial charge in [-0.1, -0.05) is 6.92 Å². The second kappa shape index (κ2) is 5.62. The molecule has 1 amide bonds. The van der Waals surface area contributed by atoms with Crippen molar-refractivity contribution in [1.29, 1.82) is 0 Å². The summed E-state index contributed by atoms with van der Waals surface area (Å²) in [5, 5.41) is 7.23. The Bertz CT molecular complexity index is 602. The molecule has 0 aliphatic rings. The van der Waals surface area contributed by atoms with Gasteiger partial charge in [0.15, 0.2) is 0 Å². The predicted molar refractivity (Wildman–Crippen MR) is 65.0 cm³/mol. The molecule has 1 atom stereocenters. The van der Waals surface area contributed by atoms with E-state index in [0.29, 0.717) is 18.6 Å². The Hall–Kier alpha value is -1.54. The number of primary sulfonamides is 1. The van der Waals surface area contributed by atoms with Gasteiger partial charge in [0.25, 0.3) is 5.91 Å². The normalized spacial score (nSPS) is 13.1. The van der Waals surface area contributed by atoms with Gasteiger partial charge in [-0.3, -0.25) is 4.79 Å². The molecule has 0 heterocycles. The summed E-state index contributed by atoms with van der Waals surface area (Å²) >= 11 is 0. The summed E-state index contributed by atoms with van der Waals surface area (Å²) in [7, 11) is -4.36. The molecule has 1 aromatic rings. The van der Waals surface area contributed by atoms with Crippen molar-refractivity contribution in [3.8, 4) is 0 Å².